The average Bonchev–Trinajstić information content (AvgIpc) is 2.16. The highest BCUT2D eigenvalue weighted by atomic mass is 16.1. The van der Waals surface area contributed by atoms with Crippen molar-refractivity contribution in [3.05, 3.63) is 0 Å². The van der Waals surface area contributed by atoms with Gasteiger partial charge >= 0.3 is 0 Å². The Hall–Kier alpha value is -0.860. The molecule has 0 spiro atoms. The lowest BCUT2D eigenvalue weighted by molar-refractivity contribution is -0.117. The molecular weight excluding hydrogens is 190 g/mol. The Kier molecular flexibility index (Phi) is 6.21. The summed E-state index contributed by atoms with van der Waals surface area (Å²) in [6.45, 7) is 7.09. The fourth-order valence-corrected chi connectivity index (χ4v) is 1.88. The van der Waals surface area contributed by atoms with E-state index in [0.717, 1.165) is 38.5 Å². The van der Waals surface area contributed by atoms with Gasteiger partial charge in [0.05, 0.1) is 0 Å². The molecule has 1 unspecified atom stereocenters. The first-order valence-electron chi connectivity index (χ1n) is 5.52. The first-order valence-corrected chi connectivity index (χ1v) is 5.52. The lowest BCUT2D eigenvalue weighted by atomic mass is 9.80. The molecule has 3 heteroatoms. The number of nitrogens with zero attached hydrogens (tertiary/aromatic N) is 1. The molecular formula is C12H23NO2. The number of hydrogen-bond donors (Lipinski definition) is 0. The van der Waals surface area contributed by atoms with Gasteiger partial charge in [0.1, 0.15) is 6.29 Å². The van der Waals surface area contributed by atoms with Crippen molar-refractivity contribution in [2.45, 2.75) is 40.0 Å². The highest BCUT2D eigenvalue weighted by Gasteiger charge is 2.20. The molecule has 0 aliphatic rings. The second-order valence-corrected chi connectivity index (χ2v) is 5.17. The van der Waals surface area contributed by atoms with Gasteiger partial charge in [0.2, 0.25) is 6.41 Å². The summed E-state index contributed by atoms with van der Waals surface area (Å²) in [5.41, 5.74) is 0.185. The first-order chi connectivity index (χ1) is 6.91. The van der Waals surface area contributed by atoms with Gasteiger partial charge in [-0.15, -0.1) is 0 Å². The van der Waals surface area contributed by atoms with Gasteiger partial charge in [-0.25, -0.2) is 0 Å². The summed E-state index contributed by atoms with van der Waals surface area (Å²) >= 11 is 0. The molecule has 0 bridgehead atoms. The predicted molar refractivity (Wildman–Crippen MR) is 61.6 cm³/mol. The standard InChI is InChI=1S/C12H23NO2/c1-11(9-14)8-12(2,3)6-5-7-13(4)10-15/h9-11H,5-8H2,1-4H3. The van der Waals surface area contributed by atoms with E-state index in [0.29, 0.717) is 0 Å². The van der Waals surface area contributed by atoms with Crippen LogP contribution in [0.4, 0.5) is 0 Å². The van der Waals surface area contributed by atoms with Crippen LogP contribution in [0.2, 0.25) is 0 Å². The van der Waals surface area contributed by atoms with E-state index >= 15 is 0 Å². The smallest absolute Gasteiger partial charge is 0.209 e. The van der Waals surface area contributed by atoms with Crippen LogP contribution in [0, 0.1) is 11.3 Å². The van der Waals surface area contributed by atoms with Gasteiger partial charge in [-0.1, -0.05) is 20.8 Å². The summed E-state index contributed by atoms with van der Waals surface area (Å²) in [6.07, 6.45) is 4.82. The molecule has 1 atom stereocenters. The lowest BCUT2D eigenvalue weighted by Crippen LogP contribution is -2.21. The maximum atomic E-state index is 10.6. The van der Waals surface area contributed by atoms with Crippen molar-refractivity contribution in [3.63, 3.8) is 0 Å². The number of carbonyl (C=O) groups is 2. The summed E-state index contributed by atoms with van der Waals surface area (Å²) in [5.74, 6) is 0.129. The minimum atomic E-state index is 0.129. The largest absolute Gasteiger partial charge is 0.348 e. The summed E-state index contributed by atoms with van der Waals surface area (Å²) < 4.78 is 0. The van der Waals surface area contributed by atoms with Crippen molar-refractivity contribution < 1.29 is 9.59 Å². The molecule has 0 saturated carbocycles. The van der Waals surface area contributed by atoms with Crippen LogP contribution in [0.15, 0.2) is 0 Å². The maximum Gasteiger partial charge on any atom is 0.209 e. The number of aldehydes is 1. The van der Waals surface area contributed by atoms with Crippen LogP contribution in [-0.2, 0) is 9.59 Å². The zero-order valence-corrected chi connectivity index (χ0v) is 10.3. The second kappa shape index (κ2) is 6.59. The molecule has 15 heavy (non-hydrogen) atoms. The van der Waals surface area contributed by atoms with E-state index in [9.17, 15) is 9.59 Å². The van der Waals surface area contributed by atoms with E-state index in [1.807, 2.05) is 6.92 Å². The molecule has 0 radical (unpaired) electrons. The fraction of sp³-hybridized carbons (Fsp3) is 0.833. The van der Waals surface area contributed by atoms with Crippen LogP contribution < -0.4 is 0 Å². The third-order valence-corrected chi connectivity index (χ3v) is 2.65. The van der Waals surface area contributed by atoms with E-state index in [2.05, 4.69) is 13.8 Å². The zero-order chi connectivity index (χ0) is 11.9. The Morgan fingerprint density at radius 3 is 2.40 bits per heavy atom. The number of carbonyl (C=O) groups excluding carboxylic acids is 2. The van der Waals surface area contributed by atoms with Crippen LogP contribution in [0.3, 0.4) is 0 Å². The van der Waals surface area contributed by atoms with Gasteiger partial charge in [-0.05, 0) is 24.7 Å². The van der Waals surface area contributed by atoms with Gasteiger partial charge < -0.3 is 9.69 Å². The number of hydrogen-bond acceptors (Lipinski definition) is 2. The van der Waals surface area contributed by atoms with Crippen molar-refractivity contribution in [3.8, 4) is 0 Å². The topological polar surface area (TPSA) is 37.4 Å². The van der Waals surface area contributed by atoms with E-state index < -0.39 is 0 Å². The third-order valence-electron chi connectivity index (χ3n) is 2.65. The Morgan fingerprint density at radius 2 is 1.93 bits per heavy atom. The summed E-state index contributed by atoms with van der Waals surface area (Å²) in [4.78, 5) is 22.6. The predicted octanol–water partition coefficient (Wildman–Crippen LogP) is 2.11. The molecule has 0 aromatic heterocycles. The molecule has 88 valence electrons. The monoisotopic (exact) mass is 213 g/mol. The van der Waals surface area contributed by atoms with Crippen molar-refractivity contribution in [2.75, 3.05) is 13.6 Å². The van der Waals surface area contributed by atoms with Crippen LogP contribution in [-0.4, -0.2) is 31.2 Å². The van der Waals surface area contributed by atoms with Crippen molar-refractivity contribution in [1.29, 1.82) is 0 Å². The maximum absolute atomic E-state index is 10.6. The molecule has 0 rings (SSSR count). The summed E-state index contributed by atoms with van der Waals surface area (Å²) in [7, 11) is 1.79. The number of rotatable bonds is 8. The summed E-state index contributed by atoms with van der Waals surface area (Å²) in [5, 5.41) is 0. The van der Waals surface area contributed by atoms with Crippen molar-refractivity contribution in [2.24, 2.45) is 11.3 Å². The molecule has 0 aliphatic heterocycles. The SMILES string of the molecule is CC(C=O)CC(C)(C)CCCN(C)C=O. The highest BCUT2D eigenvalue weighted by Crippen LogP contribution is 2.29. The average molecular weight is 213 g/mol. The zero-order valence-electron chi connectivity index (χ0n) is 10.3. The van der Waals surface area contributed by atoms with Crippen LogP contribution in [0.1, 0.15) is 40.0 Å². The quantitative estimate of drug-likeness (QED) is 0.579. The van der Waals surface area contributed by atoms with E-state index in [4.69, 9.17) is 0 Å². The van der Waals surface area contributed by atoms with Crippen LogP contribution in [0.5, 0.6) is 0 Å². The first kappa shape index (κ1) is 14.1. The Morgan fingerprint density at radius 1 is 1.33 bits per heavy atom. The molecule has 0 aromatic carbocycles. The molecule has 0 fully saturated rings. The molecule has 1 amide bonds. The minimum absolute atomic E-state index is 0.129. The lowest BCUT2D eigenvalue weighted by Gasteiger charge is -2.26. The van der Waals surface area contributed by atoms with Crippen LogP contribution >= 0.6 is 0 Å². The van der Waals surface area contributed by atoms with Gasteiger partial charge in [-0.2, -0.15) is 0 Å². The van der Waals surface area contributed by atoms with Crippen LogP contribution in [0.25, 0.3) is 0 Å². The van der Waals surface area contributed by atoms with Gasteiger partial charge in [-0.3, -0.25) is 4.79 Å². The molecule has 0 heterocycles. The van der Waals surface area contributed by atoms with E-state index in [-0.39, 0.29) is 11.3 Å². The van der Waals surface area contributed by atoms with Gasteiger partial charge in [0.15, 0.2) is 0 Å². The highest BCUT2D eigenvalue weighted by molar-refractivity contribution is 5.52. The molecule has 0 aromatic rings. The number of amides is 1. The fourth-order valence-electron chi connectivity index (χ4n) is 1.88. The molecule has 3 nitrogen and oxygen atoms in total. The minimum Gasteiger partial charge on any atom is -0.348 e. The van der Waals surface area contributed by atoms with Gasteiger partial charge in [0, 0.05) is 19.5 Å². The Labute approximate surface area is 92.8 Å². The van der Waals surface area contributed by atoms with E-state index in [1.54, 1.807) is 11.9 Å². The molecule has 0 N–H and O–H groups in total. The van der Waals surface area contributed by atoms with Gasteiger partial charge in [0.25, 0.3) is 0 Å². The third kappa shape index (κ3) is 7.11. The van der Waals surface area contributed by atoms with E-state index in [1.165, 1.54) is 0 Å². The Bertz CT molecular complexity index is 202. The molecule has 0 saturated heterocycles. The second-order valence-electron chi connectivity index (χ2n) is 5.17. The van der Waals surface area contributed by atoms with Crippen molar-refractivity contribution in [1.82, 2.24) is 4.90 Å². The molecule has 0 aliphatic carbocycles. The summed E-state index contributed by atoms with van der Waals surface area (Å²) in [6, 6.07) is 0. The Balaban J connectivity index is 3.82. The normalized spacial score (nSPS) is 13.3. The van der Waals surface area contributed by atoms with Crippen molar-refractivity contribution >= 4 is 12.7 Å².